The van der Waals surface area contributed by atoms with E-state index in [0.717, 1.165) is 41.7 Å². The van der Waals surface area contributed by atoms with Crippen molar-refractivity contribution in [3.8, 4) is 0 Å². The fraction of sp³-hybridized carbons (Fsp3) is 0.238. The number of benzene rings is 2. The molecule has 0 amide bonds. The molecule has 4 nitrogen and oxygen atoms in total. The molecule has 5 heteroatoms. The monoisotopic (exact) mass is 366 g/mol. The maximum absolute atomic E-state index is 6.04. The van der Waals surface area contributed by atoms with Gasteiger partial charge in [0.25, 0.3) is 0 Å². The van der Waals surface area contributed by atoms with Gasteiger partial charge in [-0.3, -0.25) is 0 Å². The molecule has 134 valence electrons. The minimum absolute atomic E-state index is 0.649. The molecular formula is C21H23ClN4. The van der Waals surface area contributed by atoms with Gasteiger partial charge in [-0.05, 0) is 50.1 Å². The molecule has 0 aliphatic rings. The van der Waals surface area contributed by atoms with Gasteiger partial charge in [0, 0.05) is 35.6 Å². The number of rotatable bonds is 7. The first-order chi connectivity index (χ1) is 12.7. The van der Waals surface area contributed by atoms with Gasteiger partial charge in [-0.15, -0.1) is 0 Å². The quantitative estimate of drug-likeness (QED) is 0.620. The van der Waals surface area contributed by atoms with Crippen LogP contribution in [0.2, 0.25) is 5.02 Å². The molecule has 3 aromatic rings. The smallest absolute Gasteiger partial charge is 0.224 e. The van der Waals surface area contributed by atoms with Gasteiger partial charge >= 0.3 is 0 Å². The summed E-state index contributed by atoms with van der Waals surface area (Å²) in [5.74, 6) is 1.55. The van der Waals surface area contributed by atoms with Crippen molar-refractivity contribution in [3.63, 3.8) is 0 Å². The third kappa shape index (κ3) is 4.73. The molecule has 0 saturated heterocycles. The Labute approximate surface area is 159 Å². The number of hydrogen-bond donors (Lipinski definition) is 1. The molecule has 0 unspecified atom stereocenters. The van der Waals surface area contributed by atoms with Crippen LogP contribution < -0.4 is 10.2 Å². The summed E-state index contributed by atoms with van der Waals surface area (Å²) >= 11 is 6.04. The molecule has 3 rings (SSSR count). The minimum atomic E-state index is 0.649. The molecule has 0 fully saturated rings. The first-order valence-corrected chi connectivity index (χ1v) is 9.20. The summed E-state index contributed by atoms with van der Waals surface area (Å²) in [6.07, 6.45) is 0.864. The lowest BCUT2D eigenvalue weighted by Crippen LogP contribution is -2.19. The molecule has 0 atom stereocenters. The van der Waals surface area contributed by atoms with Crippen molar-refractivity contribution < 1.29 is 0 Å². The van der Waals surface area contributed by atoms with Gasteiger partial charge in [0.05, 0.1) is 0 Å². The summed E-state index contributed by atoms with van der Waals surface area (Å²) in [6, 6.07) is 20.2. The number of aryl methyl sites for hydroxylation is 1. The van der Waals surface area contributed by atoms with E-state index in [1.807, 2.05) is 49.4 Å². The van der Waals surface area contributed by atoms with E-state index in [1.54, 1.807) is 0 Å². The van der Waals surface area contributed by atoms with Crippen molar-refractivity contribution in [2.24, 2.45) is 0 Å². The number of para-hydroxylation sites is 1. The van der Waals surface area contributed by atoms with E-state index in [0.29, 0.717) is 5.95 Å². The van der Waals surface area contributed by atoms with E-state index in [-0.39, 0.29) is 0 Å². The normalized spacial score (nSPS) is 10.6. The van der Waals surface area contributed by atoms with Crippen molar-refractivity contribution >= 4 is 29.1 Å². The summed E-state index contributed by atoms with van der Waals surface area (Å²) in [4.78, 5) is 11.4. The van der Waals surface area contributed by atoms with Crippen LogP contribution in [0.25, 0.3) is 0 Å². The second kappa shape index (κ2) is 8.68. The van der Waals surface area contributed by atoms with Gasteiger partial charge < -0.3 is 10.2 Å². The van der Waals surface area contributed by atoms with E-state index >= 15 is 0 Å². The van der Waals surface area contributed by atoms with Crippen LogP contribution in [0.5, 0.6) is 0 Å². The largest absolute Gasteiger partial charge is 0.354 e. The predicted octanol–water partition coefficient (Wildman–Crippen LogP) is 5.25. The number of aromatic nitrogens is 2. The molecule has 0 spiro atoms. The molecule has 0 radical (unpaired) electrons. The third-order valence-electron chi connectivity index (χ3n) is 4.09. The Morgan fingerprint density at radius 3 is 2.54 bits per heavy atom. The van der Waals surface area contributed by atoms with Crippen LogP contribution in [0.3, 0.4) is 0 Å². The highest BCUT2D eigenvalue weighted by molar-refractivity contribution is 6.30. The summed E-state index contributed by atoms with van der Waals surface area (Å²) < 4.78 is 0. The summed E-state index contributed by atoms with van der Waals surface area (Å²) in [7, 11) is 0. The van der Waals surface area contributed by atoms with Crippen molar-refractivity contribution in [1.29, 1.82) is 0 Å². The Kier molecular flexibility index (Phi) is 6.08. The number of halogens is 1. The van der Waals surface area contributed by atoms with Crippen LogP contribution in [0.4, 0.5) is 17.5 Å². The van der Waals surface area contributed by atoms with E-state index in [4.69, 9.17) is 16.6 Å². The molecule has 0 bridgehead atoms. The van der Waals surface area contributed by atoms with Crippen molar-refractivity contribution in [2.45, 2.75) is 20.3 Å². The van der Waals surface area contributed by atoms with Crippen molar-refractivity contribution in [2.75, 3.05) is 23.3 Å². The molecule has 0 aliphatic carbocycles. The third-order valence-corrected chi connectivity index (χ3v) is 4.32. The molecule has 26 heavy (non-hydrogen) atoms. The Bertz CT molecular complexity index is 852. The zero-order valence-corrected chi connectivity index (χ0v) is 15.9. The molecule has 0 saturated carbocycles. The SMILES string of the molecule is CCN(c1ccccc1)c1cc(C)nc(NCCc2cccc(Cl)c2)n1. The van der Waals surface area contributed by atoms with E-state index in [9.17, 15) is 0 Å². The molecule has 1 aromatic heterocycles. The Morgan fingerprint density at radius 2 is 1.81 bits per heavy atom. The Hall–Kier alpha value is -2.59. The zero-order chi connectivity index (χ0) is 18.4. The standard InChI is InChI=1S/C21H23ClN4/c1-3-26(19-10-5-4-6-11-19)20-14-16(2)24-21(25-20)23-13-12-17-8-7-9-18(22)15-17/h4-11,14-15H,3,12-13H2,1-2H3,(H,23,24,25). The highest BCUT2D eigenvalue weighted by Gasteiger charge is 2.11. The Balaban J connectivity index is 1.73. The fourth-order valence-electron chi connectivity index (χ4n) is 2.87. The van der Waals surface area contributed by atoms with Gasteiger partial charge in [-0.25, -0.2) is 4.98 Å². The van der Waals surface area contributed by atoms with Crippen LogP contribution in [-0.2, 0) is 6.42 Å². The molecule has 2 aromatic carbocycles. The second-order valence-corrected chi connectivity index (χ2v) is 6.51. The number of nitrogens with zero attached hydrogens (tertiary/aromatic N) is 3. The van der Waals surface area contributed by atoms with E-state index < -0.39 is 0 Å². The average molecular weight is 367 g/mol. The summed E-state index contributed by atoms with van der Waals surface area (Å²) in [6.45, 7) is 5.70. The molecule has 0 aliphatic heterocycles. The highest BCUT2D eigenvalue weighted by Crippen LogP contribution is 2.24. The average Bonchev–Trinajstić information content (AvgIpc) is 2.63. The lowest BCUT2D eigenvalue weighted by atomic mass is 10.1. The van der Waals surface area contributed by atoms with Gasteiger partial charge in [0.1, 0.15) is 5.82 Å². The predicted molar refractivity (Wildman–Crippen MR) is 110 cm³/mol. The van der Waals surface area contributed by atoms with Crippen LogP contribution >= 0.6 is 11.6 Å². The van der Waals surface area contributed by atoms with Crippen LogP contribution in [0, 0.1) is 6.92 Å². The lowest BCUT2D eigenvalue weighted by Gasteiger charge is -2.23. The van der Waals surface area contributed by atoms with Crippen LogP contribution in [0.1, 0.15) is 18.2 Å². The number of nitrogens with one attached hydrogen (secondary N) is 1. The number of hydrogen-bond acceptors (Lipinski definition) is 4. The van der Waals surface area contributed by atoms with E-state index in [1.165, 1.54) is 5.56 Å². The van der Waals surface area contributed by atoms with E-state index in [2.05, 4.69) is 40.3 Å². The Morgan fingerprint density at radius 1 is 1.00 bits per heavy atom. The summed E-state index contributed by atoms with van der Waals surface area (Å²) in [5, 5.41) is 4.09. The zero-order valence-electron chi connectivity index (χ0n) is 15.1. The maximum Gasteiger partial charge on any atom is 0.224 e. The molecule has 1 N–H and O–H groups in total. The van der Waals surface area contributed by atoms with Crippen molar-refractivity contribution in [1.82, 2.24) is 9.97 Å². The lowest BCUT2D eigenvalue weighted by molar-refractivity contribution is 0.941. The first kappa shape index (κ1) is 18.2. The van der Waals surface area contributed by atoms with Gasteiger partial charge in [0.15, 0.2) is 0 Å². The van der Waals surface area contributed by atoms with Gasteiger partial charge in [-0.1, -0.05) is 41.9 Å². The first-order valence-electron chi connectivity index (χ1n) is 8.82. The molecular weight excluding hydrogens is 344 g/mol. The van der Waals surface area contributed by atoms with Gasteiger partial charge in [0.2, 0.25) is 5.95 Å². The highest BCUT2D eigenvalue weighted by atomic mass is 35.5. The van der Waals surface area contributed by atoms with Crippen LogP contribution in [-0.4, -0.2) is 23.1 Å². The summed E-state index contributed by atoms with van der Waals surface area (Å²) in [5.41, 5.74) is 3.25. The topological polar surface area (TPSA) is 41.1 Å². The fourth-order valence-corrected chi connectivity index (χ4v) is 3.08. The maximum atomic E-state index is 6.04. The van der Waals surface area contributed by atoms with Crippen LogP contribution in [0.15, 0.2) is 60.7 Å². The van der Waals surface area contributed by atoms with Gasteiger partial charge in [-0.2, -0.15) is 4.98 Å². The number of anilines is 3. The second-order valence-electron chi connectivity index (χ2n) is 6.08. The van der Waals surface area contributed by atoms with Crippen molar-refractivity contribution in [3.05, 3.63) is 76.9 Å². The molecule has 1 heterocycles. The minimum Gasteiger partial charge on any atom is -0.354 e.